The number of hydrogen-bond donors (Lipinski definition) is 3. The summed E-state index contributed by atoms with van der Waals surface area (Å²) in [5.74, 6) is 0.0756. The Bertz CT molecular complexity index is 1660. The highest BCUT2D eigenvalue weighted by Crippen LogP contribution is 2.42. The van der Waals surface area contributed by atoms with Gasteiger partial charge in [0.25, 0.3) is 5.91 Å². The number of alkyl halides is 1. The van der Waals surface area contributed by atoms with Crippen LogP contribution in [0.4, 0.5) is 4.39 Å². The number of hydrogen-bond acceptors (Lipinski definition) is 6. The van der Waals surface area contributed by atoms with Crippen molar-refractivity contribution < 1.29 is 17.6 Å². The number of amides is 1. The van der Waals surface area contributed by atoms with Gasteiger partial charge in [0.05, 0.1) is 10.4 Å². The first-order valence-corrected chi connectivity index (χ1v) is 13.8. The van der Waals surface area contributed by atoms with E-state index in [0.29, 0.717) is 46.2 Å². The van der Waals surface area contributed by atoms with E-state index in [0.717, 1.165) is 29.6 Å². The molecule has 0 bridgehead atoms. The largest absolute Gasteiger partial charge is 0.349 e. The van der Waals surface area contributed by atoms with Crippen molar-refractivity contribution in [3.05, 3.63) is 58.9 Å². The first-order valence-electron chi connectivity index (χ1n) is 12.3. The van der Waals surface area contributed by atoms with Gasteiger partial charge in [-0.15, -0.1) is 5.10 Å². The fraction of sp³-hybridized carbons (Fsp3) is 0.385. The number of benzene rings is 2. The van der Waals surface area contributed by atoms with E-state index in [1.165, 1.54) is 13.8 Å². The lowest BCUT2D eigenvalue weighted by Gasteiger charge is -2.18. The average molecular weight is 523 g/mol. The molecule has 11 heteroatoms. The van der Waals surface area contributed by atoms with Gasteiger partial charge >= 0.3 is 0 Å². The van der Waals surface area contributed by atoms with Crippen LogP contribution >= 0.6 is 0 Å². The zero-order chi connectivity index (χ0) is 25.9. The van der Waals surface area contributed by atoms with Gasteiger partial charge in [-0.3, -0.25) is 14.9 Å². The number of pyridine rings is 1. The van der Waals surface area contributed by atoms with E-state index in [1.54, 1.807) is 24.4 Å². The number of sulfonamides is 1. The Morgan fingerprint density at radius 3 is 2.76 bits per heavy atom. The Kier molecular flexibility index (Phi) is 5.53. The van der Waals surface area contributed by atoms with Gasteiger partial charge in [-0.2, -0.15) is 0 Å². The third kappa shape index (κ3) is 4.69. The van der Waals surface area contributed by atoms with Crippen LogP contribution in [0.1, 0.15) is 59.8 Å². The van der Waals surface area contributed by atoms with E-state index in [-0.39, 0.29) is 23.4 Å². The number of rotatable bonds is 7. The molecule has 2 aromatic heterocycles. The second-order valence-electron chi connectivity index (χ2n) is 10.6. The number of nitrogens with one attached hydrogen (secondary N) is 3. The second kappa shape index (κ2) is 8.56. The fourth-order valence-electron chi connectivity index (χ4n) is 4.97. The van der Waals surface area contributed by atoms with Gasteiger partial charge in [-0.25, -0.2) is 17.5 Å². The molecule has 9 nitrogen and oxygen atoms in total. The minimum absolute atomic E-state index is 0.161. The van der Waals surface area contributed by atoms with E-state index < -0.39 is 15.7 Å². The van der Waals surface area contributed by atoms with Crippen molar-refractivity contribution in [2.75, 3.05) is 6.54 Å². The van der Waals surface area contributed by atoms with Gasteiger partial charge < -0.3 is 5.32 Å². The van der Waals surface area contributed by atoms with Crippen LogP contribution in [-0.4, -0.2) is 53.0 Å². The predicted octanol–water partition coefficient (Wildman–Crippen LogP) is 3.31. The summed E-state index contributed by atoms with van der Waals surface area (Å²) in [6.07, 6.45) is 4.62. The molecule has 192 valence electrons. The molecule has 2 aromatic carbocycles. The van der Waals surface area contributed by atoms with E-state index in [9.17, 15) is 17.6 Å². The lowest BCUT2D eigenvalue weighted by Crippen LogP contribution is -2.36. The summed E-state index contributed by atoms with van der Waals surface area (Å²) in [5, 5.41) is 14.8. The van der Waals surface area contributed by atoms with Crippen molar-refractivity contribution >= 4 is 37.7 Å². The molecular weight excluding hydrogens is 495 g/mol. The van der Waals surface area contributed by atoms with Crippen molar-refractivity contribution in [3.8, 4) is 0 Å². The number of nitrogens with zero attached hydrogens (tertiary/aromatic N) is 3. The number of aromatic amines is 1. The van der Waals surface area contributed by atoms with Crippen LogP contribution in [-0.2, 0) is 22.9 Å². The van der Waals surface area contributed by atoms with Crippen LogP contribution in [0.2, 0.25) is 0 Å². The Morgan fingerprint density at radius 2 is 2.00 bits per heavy atom. The summed E-state index contributed by atoms with van der Waals surface area (Å²) in [5.41, 5.74) is 2.43. The van der Waals surface area contributed by atoms with Crippen LogP contribution in [0.5, 0.6) is 0 Å². The third-order valence-electron chi connectivity index (χ3n) is 6.98. The molecule has 1 saturated carbocycles. The van der Waals surface area contributed by atoms with Gasteiger partial charge in [0, 0.05) is 46.7 Å². The lowest BCUT2D eigenvalue weighted by atomic mass is 10.0. The van der Waals surface area contributed by atoms with Gasteiger partial charge in [0.15, 0.2) is 0 Å². The second-order valence-corrected chi connectivity index (χ2v) is 12.3. The maximum Gasteiger partial charge on any atom is 0.251 e. The summed E-state index contributed by atoms with van der Waals surface area (Å²) in [7, 11) is -4.04. The molecule has 4 aromatic rings. The number of H-pyrrole nitrogens is 1. The maximum absolute atomic E-state index is 14.2. The molecule has 1 atom stereocenters. The summed E-state index contributed by atoms with van der Waals surface area (Å²) in [6.45, 7) is 2.33. The minimum Gasteiger partial charge on any atom is -0.349 e. The Hall–Kier alpha value is -3.44. The first kappa shape index (κ1) is 23.9. The molecule has 2 aliphatic rings. The smallest absolute Gasteiger partial charge is 0.251 e. The van der Waals surface area contributed by atoms with Crippen molar-refractivity contribution in [1.29, 1.82) is 0 Å². The molecule has 0 saturated heterocycles. The van der Waals surface area contributed by atoms with Gasteiger partial charge in [-0.05, 0) is 81.0 Å². The average Bonchev–Trinajstić information content (AvgIpc) is 3.46. The first-order chi connectivity index (χ1) is 17.6. The van der Waals surface area contributed by atoms with Crippen molar-refractivity contribution in [1.82, 2.24) is 30.4 Å². The molecule has 3 N–H and O–H groups in total. The molecule has 2 aliphatic carbocycles. The summed E-state index contributed by atoms with van der Waals surface area (Å²) >= 11 is 0. The predicted molar refractivity (Wildman–Crippen MR) is 137 cm³/mol. The van der Waals surface area contributed by atoms with E-state index in [1.807, 2.05) is 12.1 Å². The zero-order valence-corrected chi connectivity index (χ0v) is 21.3. The molecule has 0 spiro atoms. The van der Waals surface area contributed by atoms with Gasteiger partial charge in [0.2, 0.25) is 10.0 Å². The van der Waals surface area contributed by atoms with Crippen molar-refractivity contribution in [2.45, 2.75) is 62.1 Å². The van der Waals surface area contributed by atoms with Gasteiger partial charge in [-0.1, -0.05) is 5.21 Å². The molecule has 0 radical (unpaired) electrons. The monoisotopic (exact) mass is 522 g/mol. The SMILES string of the molecule is CC(C)(F)CNS(=O)(=O)c1c2c(cc3cnc(C4CC4)cc13)C[C@@H](NC(=O)c1ccc3[nH]nnc3c1)C2. The quantitative estimate of drug-likeness (QED) is 0.342. The van der Waals surface area contributed by atoms with Crippen molar-refractivity contribution in [3.63, 3.8) is 0 Å². The Morgan fingerprint density at radius 1 is 1.19 bits per heavy atom. The van der Waals surface area contributed by atoms with Crippen molar-refractivity contribution in [2.24, 2.45) is 0 Å². The highest BCUT2D eigenvalue weighted by molar-refractivity contribution is 7.89. The summed E-state index contributed by atoms with van der Waals surface area (Å²) < 4.78 is 43.9. The Labute approximate surface area is 213 Å². The molecular formula is C26H27FN6O3S. The number of carbonyl (C=O) groups is 1. The summed E-state index contributed by atoms with van der Waals surface area (Å²) in [6, 6.07) is 8.62. The number of carbonyl (C=O) groups excluding carboxylic acids is 1. The number of fused-ring (bicyclic) bond motifs is 3. The number of halogens is 1. The molecule has 1 fully saturated rings. The third-order valence-corrected chi connectivity index (χ3v) is 8.51. The van der Waals surface area contributed by atoms with Crippen LogP contribution in [0.3, 0.4) is 0 Å². The molecule has 0 unspecified atom stereocenters. The molecule has 1 amide bonds. The minimum atomic E-state index is -4.04. The number of aromatic nitrogens is 4. The summed E-state index contributed by atoms with van der Waals surface area (Å²) in [4.78, 5) is 17.8. The van der Waals surface area contributed by atoms with E-state index in [2.05, 4.69) is 30.4 Å². The fourth-order valence-corrected chi connectivity index (χ4v) is 6.65. The van der Waals surface area contributed by atoms with Crippen LogP contribution in [0, 0.1) is 0 Å². The molecule has 2 heterocycles. The van der Waals surface area contributed by atoms with E-state index in [4.69, 9.17) is 0 Å². The van der Waals surface area contributed by atoms with E-state index >= 15 is 0 Å². The Balaban J connectivity index is 1.35. The zero-order valence-electron chi connectivity index (χ0n) is 20.5. The van der Waals surface area contributed by atoms with Gasteiger partial charge in [0.1, 0.15) is 11.2 Å². The molecule has 37 heavy (non-hydrogen) atoms. The maximum atomic E-state index is 14.2. The standard InChI is InChI=1S/C26H27FN6O3S/c1-26(2,27)13-29-37(35,36)24-19-10-18(30-25(34)15-5-6-21-23(9-15)32-33-31-21)8-16(19)7-17-12-28-22(11-20(17)24)14-3-4-14/h5-7,9,11-12,14,18,29H,3-4,8,10,13H2,1-2H3,(H,30,34)(H,31,32,33)/t18-/m1/s1. The van der Waals surface area contributed by atoms with Crippen LogP contribution in [0.15, 0.2) is 41.4 Å². The lowest BCUT2D eigenvalue weighted by molar-refractivity contribution is 0.0938. The van der Waals surface area contributed by atoms with Crippen LogP contribution < -0.4 is 10.0 Å². The normalized spacial score (nSPS) is 17.9. The highest BCUT2D eigenvalue weighted by atomic mass is 32.2. The molecule has 0 aliphatic heterocycles. The molecule has 6 rings (SSSR count). The topological polar surface area (TPSA) is 130 Å². The highest BCUT2D eigenvalue weighted by Gasteiger charge is 2.34. The van der Waals surface area contributed by atoms with Crippen LogP contribution in [0.25, 0.3) is 21.8 Å².